The summed E-state index contributed by atoms with van der Waals surface area (Å²) in [4.78, 5) is 11.6. The molecule has 0 aromatic heterocycles. The quantitative estimate of drug-likeness (QED) is 0.894. The molecule has 0 bridgehead atoms. The van der Waals surface area contributed by atoms with Gasteiger partial charge >= 0.3 is 0 Å². The summed E-state index contributed by atoms with van der Waals surface area (Å²) in [5, 5.41) is 3.14. The standard InChI is InChI=1S/C15H19BrFNO/c1-10(2)8-15(6-5-14(19)18-15)9-11-3-4-12(17)7-13(11)16/h3-4,7,10H,5-6,8-9H2,1-2H3,(H,18,19). The zero-order valence-electron chi connectivity index (χ0n) is 11.3. The summed E-state index contributed by atoms with van der Waals surface area (Å²) in [6, 6.07) is 4.75. The van der Waals surface area contributed by atoms with Crippen LogP contribution in [0, 0.1) is 11.7 Å². The molecule has 104 valence electrons. The first-order chi connectivity index (χ1) is 8.90. The average Bonchev–Trinajstić information content (AvgIpc) is 2.63. The number of hydrogen-bond acceptors (Lipinski definition) is 1. The molecule has 4 heteroatoms. The van der Waals surface area contributed by atoms with E-state index >= 15 is 0 Å². The van der Waals surface area contributed by atoms with Gasteiger partial charge in [-0.1, -0.05) is 35.8 Å². The fourth-order valence-electron chi connectivity index (χ4n) is 2.94. The smallest absolute Gasteiger partial charge is 0.220 e. The molecule has 0 radical (unpaired) electrons. The Morgan fingerprint density at radius 1 is 1.47 bits per heavy atom. The maximum absolute atomic E-state index is 13.1. The molecule has 0 aliphatic carbocycles. The molecule has 2 rings (SSSR count). The Labute approximate surface area is 121 Å². The van der Waals surface area contributed by atoms with Crippen molar-refractivity contribution < 1.29 is 9.18 Å². The largest absolute Gasteiger partial charge is 0.350 e. The lowest BCUT2D eigenvalue weighted by Gasteiger charge is -2.31. The van der Waals surface area contributed by atoms with Crippen molar-refractivity contribution in [2.45, 2.75) is 45.1 Å². The van der Waals surface area contributed by atoms with E-state index in [4.69, 9.17) is 0 Å². The van der Waals surface area contributed by atoms with Crippen LogP contribution in [-0.2, 0) is 11.2 Å². The number of amides is 1. The highest BCUT2D eigenvalue weighted by Gasteiger charge is 2.38. The van der Waals surface area contributed by atoms with Crippen LogP contribution in [0.3, 0.4) is 0 Å². The van der Waals surface area contributed by atoms with Crippen LogP contribution >= 0.6 is 15.9 Å². The van der Waals surface area contributed by atoms with Gasteiger partial charge in [0.15, 0.2) is 0 Å². The van der Waals surface area contributed by atoms with E-state index in [0.29, 0.717) is 12.3 Å². The zero-order chi connectivity index (χ0) is 14.0. The molecule has 1 saturated heterocycles. The average molecular weight is 328 g/mol. The van der Waals surface area contributed by atoms with Crippen LogP contribution < -0.4 is 5.32 Å². The Balaban J connectivity index is 2.23. The SMILES string of the molecule is CC(C)CC1(Cc2ccc(F)cc2Br)CCC(=O)N1. The lowest BCUT2D eigenvalue weighted by molar-refractivity contribution is -0.119. The maximum Gasteiger partial charge on any atom is 0.220 e. The summed E-state index contributed by atoms with van der Waals surface area (Å²) in [5.74, 6) is 0.389. The molecule has 1 fully saturated rings. The summed E-state index contributed by atoms with van der Waals surface area (Å²) in [5.41, 5.74) is 0.871. The normalized spacial score (nSPS) is 22.9. The molecule has 1 aromatic carbocycles. The minimum Gasteiger partial charge on any atom is -0.350 e. The lowest BCUT2D eigenvalue weighted by Crippen LogP contribution is -2.44. The Morgan fingerprint density at radius 2 is 2.21 bits per heavy atom. The van der Waals surface area contributed by atoms with Gasteiger partial charge in [-0.25, -0.2) is 4.39 Å². The number of rotatable bonds is 4. The van der Waals surface area contributed by atoms with Gasteiger partial charge in [0, 0.05) is 16.4 Å². The van der Waals surface area contributed by atoms with Crippen molar-refractivity contribution in [3.8, 4) is 0 Å². The Hall–Kier alpha value is -0.900. The minimum absolute atomic E-state index is 0.124. The topological polar surface area (TPSA) is 29.1 Å². The van der Waals surface area contributed by atoms with Crippen LogP contribution in [0.15, 0.2) is 22.7 Å². The third kappa shape index (κ3) is 3.56. The highest BCUT2D eigenvalue weighted by Crippen LogP contribution is 2.33. The van der Waals surface area contributed by atoms with Gasteiger partial charge in [-0.05, 0) is 42.9 Å². The molecular weight excluding hydrogens is 309 g/mol. The molecular formula is C15H19BrFNO. The minimum atomic E-state index is -0.246. The molecule has 1 heterocycles. The monoisotopic (exact) mass is 327 g/mol. The second-order valence-electron chi connectivity index (χ2n) is 5.84. The van der Waals surface area contributed by atoms with Crippen molar-refractivity contribution in [1.82, 2.24) is 5.32 Å². The van der Waals surface area contributed by atoms with Crippen molar-refractivity contribution >= 4 is 21.8 Å². The van der Waals surface area contributed by atoms with Crippen LogP contribution in [0.25, 0.3) is 0 Å². The van der Waals surface area contributed by atoms with Gasteiger partial charge < -0.3 is 5.32 Å². The van der Waals surface area contributed by atoms with E-state index in [2.05, 4.69) is 35.1 Å². The van der Waals surface area contributed by atoms with Crippen LogP contribution in [0.1, 0.15) is 38.7 Å². The van der Waals surface area contributed by atoms with Gasteiger partial charge in [0.2, 0.25) is 5.91 Å². The summed E-state index contributed by atoms with van der Waals surface area (Å²) >= 11 is 3.41. The molecule has 19 heavy (non-hydrogen) atoms. The van der Waals surface area contributed by atoms with Crippen molar-refractivity contribution in [2.75, 3.05) is 0 Å². The van der Waals surface area contributed by atoms with E-state index in [1.807, 2.05) is 0 Å². The molecule has 1 aromatic rings. The molecule has 0 spiro atoms. The lowest BCUT2D eigenvalue weighted by atomic mass is 9.82. The van der Waals surface area contributed by atoms with Gasteiger partial charge in [-0.3, -0.25) is 4.79 Å². The molecule has 1 aliphatic rings. The first kappa shape index (κ1) is 14.5. The number of nitrogens with one attached hydrogen (secondary N) is 1. The van der Waals surface area contributed by atoms with Crippen molar-refractivity contribution in [3.63, 3.8) is 0 Å². The molecule has 1 atom stereocenters. The predicted molar refractivity (Wildman–Crippen MR) is 77.4 cm³/mol. The number of carbonyl (C=O) groups excluding carboxylic acids is 1. The number of benzene rings is 1. The van der Waals surface area contributed by atoms with Crippen LogP contribution in [0.4, 0.5) is 4.39 Å². The summed E-state index contributed by atoms with van der Waals surface area (Å²) in [6.07, 6.45) is 3.14. The molecule has 2 nitrogen and oxygen atoms in total. The van der Waals surface area contributed by atoms with E-state index in [1.54, 1.807) is 6.07 Å². The predicted octanol–water partition coefficient (Wildman–Crippen LogP) is 3.83. The van der Waals surface area contributed by atoms with Crippen LogP contribution in [-0.4, -0.2) is 11.4 Å². The third-order valence-electron chi connectivity index (χ3n) is 3.58. The molecule has 0 saturated carbocycles. The Morgan fingerprint density at radius 3 is 2.74 bits per heavy atom. The van der Waals surface area contributed by atoms with Crippen molar-refractivity contribution in [3.05, 3.63) is 34.1 Å². The highest BCUT2D eigenvalue weighted by molar-refractivity contribution is 9.10. The Bertz CT molecular complexity index is 489. The van der Waals surface area contributed by atoms with E-state index in [9.17, 15) is 9.18 Å². The second-order valence-corrected chi connectivity index (χ2v) is 6.69. The summed E-state index contributed by atoms with van der Waals surface area (Å²) in [7, 11) is 0. The van der Waals surface area contributed by atoms with Crippen molar-refractivity contribution in [2.24, 2.45) is 5.92 Å². The third-order valence-corrected chi connectivity index (χ3v) is 4.32. The number of carbonyl (C=O) groups is 1. The van der Waals surface area contributed by atoms with Gasteiger partial charge in [0.05, 0.1) is 0 Å². The first-order valence-corrected chi connectivity index (χ1v) is 7.44. The van der Waals surface area contributed by atoms with E-state index in [-0.39, 0.29) is 17.3 Å². The van der Waals surface area contributed by atoms with Gasteiger partial charge in [-0.2, -0.15) is 0 Å². The maximum atomic E-state index is 13.1. The molecule has 1 N–H and O–H groups in total. The van der Waals surface area contributed by atoms with Crippen molar-refractivity contribution in [1.29, 1.82) is 0 Å². The number of hydrogen-bond donors (Lipinski definition) is 1. The Kier molecular flexibility index (Phi) is 4.29. The van der Waals surface area contributed by atoms with Crippen LogP contribution in [0.2, 0.25) is 0 Å². The van der Waals surface area contributed by atoms with Crippen LogP contribution in [0.5, 0.6) is 0 Å². The zero-order valence-corrected chi connectivity index (χ0v) is 12.9. The molecule has 1 aliphatic heterocycles. The van der Waals surface area contributed by atoms with Gasteiger partial charge in [-0.15, -0.1) is 0 Å². The molecule has 1 unspecified atom stereocenters. The van der Waals surface area contributed by atoms with Gasteiger partial charge in [0.1, 0.15) is 5.82 Å². The van der Waals surface area contributed by atoms with E-state index in [0.717, 1.165) is 29.3 Å². The fraction of sp³-hybridized carbons (Fsp3) is 0.533. The second kappa shape index (κ2) is 5.61. The van der Waals surface area contributed by atoms with E-state index < -0.39 is 0 Å². The summed E-state index contributed by atoms with van der Waals surface area (Å²) in [6.45, 7) is 4.32. The van der Waals surface area contributed by atoms with E-state index in [1.165, 1.54) is 12.1 Å². The first-order valence-electron chi connectivity index (χ1n) is 6.65. The fourth-order valence-corrected chi connectivity index (χ4v) is 3.43. The summed E-state index contributed by atoms with van der Waals surface area (Å²) < 4.78 is 13.9. The van der Waals surface area contributed by atoms with Gasteiger partial charge in [0.25, 0.3) is 0 Å². The highest BCUT2D eigenvalue weighted by atomic mass is 79.9. The molecule has 1 amide bonds. The number of halogens is 2.